The van der Waals surface area contributed by atoms with Crippen LogP contribution in [0.2, 0.25) is 0 Å². The normalized spacial score (nSPS) is 14.4. The van der Waals surface area contributed by atoms with Gasteiger partial charge in [0.05, 0.1) is 0 Å². The molecule has 1 nitrogen and oxygen atoms in total. The lowest BCUT2D eigenvalue weighted by molar-refractivity contribution is 0.485. The van der Waals surface area contributed by atoms with E-state index in [1.54, 1.807) is 0 Å². The van der Waals surface area contributed by atoms with Crippen LogP contribution >= 0.6 is 0 Å². The molecule has 0 aromatic heterocycles. The van der Waals surface area contributed by atoms with E-state index in [1.165, 1.54) is 16.8 Å². The molecule has 0 radical (unpaired) electrons. The van der Waals surface area contributed by atoms with Crippen LogP contribution in [-0.2, 0) is 13.1 Å². The highest BCUT2D eigenvalue weighted by molar-refractivity contribution is 5.57. The summed E-state index contributed by atoms with van der Waals surface area (Å²) in [4.78, 5) is 2.38. The third kappa shape index (κ3) is 3.33. The minimum Gasteiger partial charge on any atom is -0.367 e. The van der Waals surface area contributed by atoms with Crippen LogP contribution in [0.4, 0.5) is 10.1 Å². The van der Waals surface area contributed by atoms with Gasteiger partial charge in [0.25, 0.3) is 0 Å². The number of nitrogens with zero attached hydrogens (tertiary/aromatic N) is 1. The first-order chi connectivity index (χ1) is 10.4. The van der Waals surface area contributed by atoms with Gasteiger partial charge in [-0.25, -0.2) is 4.39 Å². The molecule has 1 aliphatic heterocycles. The van der Waals surface area contributed by atoms with E-state index in [9.17, 15) is 4.39 Å². The van der Waals surface area contributed by atoms with Crippen molar-refractivity contribution < 1.29 is 4.39 Å². The van der Waals surface area contributed by atoms with E-state index in [-0.39, 0.29) is 0 Å². The molecule has 1 aliphatic rings. The summed E-state index contributed by atoms with van der Waals surface area (Å²) in [5.74, 6) is 0. The lowest BCUT2D eigenvalue weighted by Gasteiger charge is -2.28. The summed E-state index contributed by atoms with van der Waals surface area (Å²) in [5.41, 5.74) is 4.48. The van der Waals surface area contributed by atoms with E-state index in [4.69, 9.17) is 0 Å². The van der Waals surface area contributed by atoms with Crippen LogP contribution in [0.25, 0.3) is 0 Å². The third-order valence-electron chi connectivity index (χ3n) is 3.93. The maximum atomic E-state index is 13.0. The molecule has 2 aromatic carbocycles. The Balaban J connectivity index is 1.93. The molecule has 0 N–H and O–H groups in total. The molecule has 0 saturated heterocycles. The van der Waals surface area contributed by atoms with Crippen molar-refractivity contribution in [3.8, 4) is 0 Å². The average molecular weight is 281 g/mol. The van der Waals surface area contributed by atoms with E-state index >= 15 is 0 Å². The lowest BCUT2D eigenvalue weighted by atomic mass is 10.00. The fourth-order valence-electron chi connectivity index (χ4n) is 2.85. The van der Waals surface area contributed by atoms with Gasteiger partial charge in [0.15, 0.2) is 0 Å². The second-order valence-corrected chi connectivity index (χ2v) is 5.47. The average Bonchev–Trinajstić information content (AvgIpc) is 2.56. The Morgan fingerprint density at radius 2 is 1.81 bits per heavy atom. The first-order valence-corrected chi connectivity index (χ1v) is 7.48. The Morgan fingerprint density at radius 1 is 0.952 bits per heavy atom. The fraction of sp³-hybridized carbons (Fsp3) is 0.263. The highest BCUT2D eigenvalue weighted by atomic mass is 19.1. The SMILES string of the molecule is FCc1ccc(N2CC=CCC2)c(Cc2ccccc2)c1. The van der Waals surface area contributed by atoms with Crippen LogP contribution in [0.1, 0.15) is 23.1 Å². The Morgan fingerprint density at radius 3 is 2.52 bits per heavy atom. The van der Waals surface area contributed by atoms with Crippen molar-refractivity contribution in [1.82, 2.24) is 0 Å². The number of alkyl halides is 1. The van der Waals surface area contributed by atoms with E-state index in [2.05, 4.69) is 47.4 Å². The van der Waals surface area contributed by atoms with Crippen molar-refractivity contribution in [2.24, 2.45) is 0 Å². The van der Waals surface area contributed by atoms with Crippen LogP contribution in [-0.4, -0.2) is 13.1 Å². The molecule has 0 fully saturated rings. The van der Waals surface area contributed by atoms with Gasteiger partial charge < -0.3 is 4.90 Å². The number of benzene rings is 2. The summed E-state index contributed by atoms with van der Waals surface area (Å²) in [6, 6.07) is 16.4. The Hall–Kier alpha value is -2.09. The first kappa shape index (κ1) is 13.9. The topological polar surface area (TPSA) is 3.24 Å². The fourth-order valence-corrected chi connectivity index (χ4v) is 2.85. The Bertz CT molecular complexity index is 619. The predicted molar refractivity (Wildman–Crippen MR) is 86.5 cm³/mol. The van der Waals surface area contributed by atoms with Crippen LogP contribution in [0.5, 0.6) is 0 Å². The van der Waals surface area contributed by atoms with Crippen molar-refractivity contribution in [1.29, 1.82) is 0 Å². The summed E-state index contributed by atoms with van der Waals surface area (Å²) < 4.78 is 13.0. The zero-order chi connectivity index (χ0) is 14.5. The summed E-state index contributed by atoms with van der Waals surface area (Å²) in [7, 11) is 0. The van der Waals surface area contributed by atoms with Gasteiger partial charge in [-0.2, -0.15) is 0 Å². The van der Waals surface area contributed by atoms with Crippen LogP contribution in [0, 0.1) is 0 Å². The summed E-state index contributed by atoms with van der Waals surface area (Å²) in [5, 5.41) is 0. The van der Waals surface area contributed by atoms with Gasteiger partial charge >= 0.3 is 0 Å². The lowest BCUT2D eigenvalue weighted by Crippen LogP contribution is -2.27. The van der Waals surface area contributed by atoms with E-state index < -0.39 is 6.67 Å². The van der Waals surface area contributed by atoms with E-state index in [1.807, 2.05) is 18.2 Å². The first-order valence-electron chi connectivity index (χ1n) is 7.48. The molecule has 2 aromatic rings. The quantitative estimate of drug-likeness (QED) is 0.745. The Labute approximate surface area is 125 Å². The minimum absolute atomic E-state index is 0.401. The molecule has 1 heterocycles. The molecular weight excluding hydrogens is 261 g/mol. The zero-order valence-corrected chi connectivity index (χ0v) is 12.1. The predicted octanol–water partition coefficient (Wildman–Crippen LogP) is 4.51. The monoisotopic (exact) mass is 281 g/mol. The van der Waals surface area contributed by atoms with Gasteiger partial charge in [-0.3, -0.25) is 0 Å². The number of anilines is 1. The number of hydrogen-bond donors (Lipinski definition) is 0. The minimum atomic E-state index is -0.401. The van der Waals surface area contributed by atoms with Gasteiger partial charge in [-0.15, -0.1) is 0 Å². The molecule has 0 atom stereocenters. The molecule has 0 amide bonds. The number of rotatable bonds is 4. The summed E-state index contributed by atoms with van der Waals surface area (Å²) in [6.45, 7) is 1.58. The second kappa shape index (κ2) is 6.57. The second-order valence-electron chi connectivity index (χ2n) is 5.47. The molecule has 0 saturated carbocycles. The van der Waals surface area contributed by atoms with Crippen molar-refractivity contribution >= 4 is 5.69 Å². The van der Waals surface area contributed by atoms with Crippen LogP contribution in [0.15, 0.2) is 60.7 Å². The van der Waals surface area contributed by atoms with Gasteiger partial charge in [0.2, 0.25) is 0 Å². The van der Waals surface area contributed by atoms with Crippen molar-refractivity contribution in [3.05, 3.63) is 77.4 Å². The number of hydrogen-bond acceptors (Lipinski definition) is 1. The maximum absolute atomic E-state index is 13.0. The molecule has 0 unspecified atom stereocenters. The van der Waals surface area contributed by atoms with Gasteiger partial charge in [-0.1, -0.05) is 54.6 Å². The van der Waals surface area contributed by atoms with E-state index in [0.29, 0.717) is 0 Å². The zero-order valence-electron chi connectivity index (χ0n) is 12.1. The van der Waals surface area contributed by atoms with Crippen LogP contribution < -0.4 is 4.90 Å². The third-order valence-corrected chi connectivity index (χ3v) is 3.93. The van der Waals surface area contributed by atoms with Crippen molar-refractivity contribution in [3.63, 3.8) is 0 Å². The standard InChI is InChI=1S/C19H20FN/c20-15-17-9-10-19(21-11-5-2-6-12-21)18(14-17)13-16-7-3-1-4-8-16/h1-5,7-10,14H,6,11-13,15H2. The van der Waals surface area contributed by atoms with E-state index in [0.717, 1.165) is 31.5 Å². The molecule has 21 heavy (non-hydrogen) atoms. The summed E-state index contributed by atoms with van der Waals surface area (Å²) >= 11 is 0. The van der Waals surface area contributed by atoms with Crippen molar-refractivity contribution in [2.45, 2.75) is 19.5 Å². The largest absolute Gasteiger partial charge is 0.367 e. The highest BCUT2D eigenvalue weighted by Gasteiger charge is 2.13. The van der Waals surface area contributed by atoms with Gasteiger partial charge in [-0.05, 0) is 35.6 Å². The maximum Gasteiger partial charge on any atom is 0.115 e. The molecule has 0 aliphatic carbocycles. The van der Waals surface area contributed by atoms with Gasteiger partial charge in [0.1, 0.15) is 6.67 Å². The molecule has 0 bridgehead atoms. The highest BCUT2D eigenvalue weighted by Crippen LogP contribution is 2.26. The van der Waals surface area contributed by atoms with Gasteiger partial charge in [0, 0.05) is 18.8 Å². The van der Waals surface area contributed by atoms with Crippen molar-refractivity contribution in [2.75, 3.05) is 18.0 Å². The molecule has 108 valence electrons. The molecule has 0 spiro atoms. The smallest absolute Gasteiger partial charge is 0.115 e. The molecule has 2 heteroatoms. The van der Waals surface area contributed by atoms with Crippen LogP contribution in [0.3, 0.4) is 0 Å². The molecule has 3 rings (SSSR count). The molecular formula is C19H20FN. The Kier molecular flexibility index (Phi) is 4.34. The summed E-state index contributed by atoms with van der Waals surface area (Å²) in [6.07, 6.45) is 6.36. The number of halogens is 1.